The molecule has 4 aromatic rings. The van der Waals surface area contributed by atoms with Gasteiger partial charge in [0.15, 0.2) is 0 Å². The Kier molecular flexibility index (Phi) is 19.5. The summed E-state index contributed by atoms with van der Waals surface area (Å²) < 4.78 is 49.6. The molecule has 0 heterocycles. The molecular weight excluding hydrogens is 823 g/mol. The molecule has 0 amide bonds. The van der Waals surface area contributed by atoms with Crippen LogP contribution < -0.4 is 4.74 Å². The minimum Gasteiger partial charge on any atom is -0.493 e. The highest BCUT2D eigenvalue weighted by atomic mass is 19.1. The second-order valence-electron chi connectivity index (χ2n) is 18.2. The lowest BCUT2D eigenvalue weighted by Crippen LogP contribution is -2.31. The number of esters is 2. The van der Waals surface area contributed by atoms with Crippen LogP contribution in [0.25, 0.3) is 33.4 Å². The molecule has 0 radical (unpaired) electrons. The number of ether oxygens (including phenoxy) is 3. The fourth-order valence-corrected chi connectivity index (χ4v) is 8.81. The van der Waals surface area contributed by atoms with Crippen LogP contribution in [0, 0.1) is 23.0 Å². The van der Waals surface area contributed by atoms with Gasteiger partial charge in [0.25, 0.3) is 0 Å². The van der Waals surface area contributed by atoms with Crippen LogP contribution in [0.3, 0.4) is 0 Å². The monoisotopic (exact) mass is 893 g/mol. The van der Waals surface area contributed by atoms with Gasteiger partial charge in [-0.3, -0.25) is 0 Å². The molecule has 1 aliphatic rings. The third kappa shape index (κ3) is 14.2. The SMILES string of the molecule is C=C(C)C(=O)OCCCc1cc(-c2ccc(-c3ccc(-c4ccc(C5CCC(CCCCC)CC5)cc4)cc3F)cc2F)cc(CCCOC(=O)C(=C)C)c1OCCC(CC)(CO)CO. The maximum atomic E-state index is 16.4. The number of aryl methyl sites for hydroxylation is 2. The van der Waals surface area contributed by atoms with Crippen LogP contribution in [0.1, 0.15) is 127 Å². The summed E-state index contributed by atoms with van der Waals surface area (Å²) in [6.45, 7) is 14.6. The predicted octanol–water partition coefficient (Wildman–Crippen LogP) is 13.1. The van der Waals surface area contributed by atoms with Gasteiger partial charge in [0.2, 0.25) is 0 Å². The molecule has 0 unspecified atom stereocenters. The van der Waals surface area contributed by atoms with Gasteiger partial charge >= 0.3 is 11.9 Å². The summed E-state index contributed by atoms with van der Waals surface area (Å²) in [7, 11) is 0. The Labute approximate surface area is 385 Å². The van der Waals surface area contributed by atoms with Crippen LogP contribution >= 0.6 is 0 Å². The first-order valence-electron chi connectivity index (χ1n) is 23.7. The summed E-state index contributed by atoms with van der Waals surface area (Å²) in [4.78, 5) is 24.3. The van der Waals surface area contributed by atoms with Crippen LogP contribution in [0.15, 0.2) is 97.1 Å². The van der Waals surface area contributed by atoms with Crippen LogP contribution in [-0.4, -0.2) is 55.2 Å². The summed E-state index contributed by atoms with van der Waals surface area (Å²) >= 11 is 0. The Morgan fingerprint density at radius 3 is 1.69 bits per heavy atom. The second kappa shape index (κ2) is 25.0. The van der Waals surface area contributed by atoms with Gasteiger partial charge in [0.05, 0.1) is 33.0 Å². The summed E-state index contributed by atoms with van der Waals surface area (Å²) in [5, 5.41) is 20.2. The predicted molar refractivity (Wildman–Crippen MR) is 257 cm³/mol. The number of carbonyl (C=O) groups excluding carboxylic acids is 2. The Bertz CT molecular complexity index is 2150. The van der Waals surface area contributed by atoms with Gasteiger partial charge < -0.3 is 24.4 Å². The van der Waals surface area contributed by atoms with Crippen molar-refractivity contribution < 1.29 is 42.8 Å². The standard InChI is InChI=1S/C56H70F2O7/c1-7-9-10-13-40-16-18-41(19-17-40)42-20-22-43(23-21-42)44-24-26-49(51(57)34-44)45-25-27-50(52(58)35-45)48-32-46(14-11-29-64-54(61)38(3)4)53(63-31-28-56(8-2,36-59)37-60)47(33-48)15-12-30-65-55(62)39(5)6/h20-27,32-35,40-41,59-60H,3,5,7-19,28-31,36-37H2,1-2,4,6H3. The van der Waals surface area contributed by atoms with E-state index in [1.807, 2.05) is 25.1 Å². The molecule has 4 aromatic carbocycles. The Balaban J connectivity index is 1.39. The molecule has 9 heteroatoms. The number of benzene rings is 4. The molecule has 2 N–H and O–H groups in total. The molecule has 0 atom stereocenters. The van der Waals surface area contributed by atoms with E-state index in [2.05, 4.69) is 44.3 Å². The van der Waals surface area contributed by atoms with Crippen molar-refractivity contribution >= 4 is 11.9 Å². The zero-order chi connectivity index (χ0) is 46.9. The molecule has 0 aliphatic heterocycles. The number of unbranched alkanes of at least 4 members (excludes halogenated alkanes) is 2. The number of halogens is 2. The molecule has 7 nitrogen and oxygen atoms in total. The third-order valence-corrected chi connectivity index (χ3v) is 13.2. The van der Waals surface area contributed by atoms with Crippen LogP contribution in [0.5, 0.6) is 5.75 Å². The molecular formula is C56H70F2O7. The highest BCUT2D eigenvalue weighted by Gasteiger charge is 2.27. The van der Waals surface area contributed by atoms with Crippen molar-refractivity contribution in [2.45, 2.75) is 124 Å². The maximum Gasteiger partial charge on any atom is 0.333 e. The van der Waals surface area contributed by atoms with E-state index in [4.69, 9.17) is 14.2 Å². The van der Waals surface area contributed by atoms with E-state index >= 15 is 8.78 Å². The first-order chi connectivity index (χ1) is 31.3. The van der Waals surface area contributed by atoms with Crippen molar-refractivity contribution in [2.75, 3.05) is 33.0 Å². The van der Waals surface area contributed by atoms with E-state index < -0.39 is 29.0 Å². The molecule has 5 rings (SSSR count). The number of rotatable bonds is 25. The van der Waals surface area contributed by atoms with Gasteiger partial charge in [-0.25, -0.2) is 18.4 Å². The van der Waals surface area contributed by atoms with Crippen molar-refractivity contribution in [1.29, 1.82) is 0 Å². The average molecular weight is 893 g/mol. The first kappa shape index (κ1) is 50.9. The summed E-state index contributed by atoms with van der Waals surface area (Å²) in [5.74, 6) is 0.0126. The highest BCUT2D eigenvalue weighted by molar-refractivity contribution is 5.87. The maximum absolute atomic E-state index is 16.4. The third-order valence-electron chi connectivity index (χ3n) is 13.2. The van der Waals surface area contributed by atoms with Gasteiger partial charge in [-0.15, -0.1) is 0 Å². The van der Waals surface area contributed by atoms with Crippen molar-refractivity contribution in [2.24, 2.45) is 11.3 Å². The minimum absolute atomic E-state index is 0.119. The molecule has 1 saturated carbocycles. The largest absolute Gasteiger partial charge is 0.493 e. The minimum atomic E-state index is -0.726. The van der Waals surface area contributed by atoms with Gasteiger partial charge in [-0.05, 0) is 153 Å². The number of aliphatic hydroxyl groups excluding tert-OH is 2. The van der Waals surface area contributed by atoms with Crippen molar-refractivity contribution in [1.82, 2.24) is 0 Å². The fraction of sp³-hybridized carbons (Fsp3) is 0.464. The first-order valence-corrected chi connectivity index (χ1v) is 23.7. The zero-order valence-electron chi connectivity index (χ0n) is 39.1. The normalized spacial score (nSPS) is 15.1. The lowest BCUT2D eigenvalue weighted by Gasteiger charge is -2.29. The molecule has 0 bridgehead atoms. The lowest BCUT2D eigenvalue weighted by molar-refractivity contribution is -0.139. The molecule has 0 aromatic heterocycles. The molecule has 0 spiro atoms. The Morgan fingerprint density at radius 2 is 1.18 bits per heavy atom. The van der Waals surface area contributed by atoms with Crippen LogP contribution in [-0.2, 0) is 31.9 Å². The van der Waals surface area contributed by atoms with E-state index in [1.54, 1.807) is 32.0 Å². The molecule has 1 fully saturated rings. The number of hydrogen-bond acceptors (Lipinski definition) is 7. The highest BCUT2D eigenvalue weighted by Crippen LogP contribution is 2.40. The second-order valence-corrected chi connectivity index (χ2v) is 18.2. The number of hydrogen-bond donors (Lipinski definition) is 2. The van der Waals surface area contributed by atoms with Crippen molar-refractivity contribution in [3.63, 3.8) is 0 Å². The molecule has 1 aliphatic carbocycles. The van der Waals surface area contributed by atoms with E-state index in [1.165, 1.54) is 69.1 Å². The number of carbonyl (C=O) groups is 2. The van der Waals surface area contributed by atoms with Crippen LogP contribution in [0.4, 0.5) is 8.78 Å². The van der Waals surface area contributed by atoms with Crippen molar-refractivity contribution in [3.05, 3.63) is 125 Å². The smallest absolute Gasteiger partial charge is 0.333 e. The van der Waals surface area contributed by atoms with Gasteiger partial charge in [-0.1, -0.05) is 101 Å². The summed E-state index contributed by atoms with van der Waals surface area (Å²) in [6, 6.07) is 22.1. The van der Waals surface area contributed by atoms with E-state index in [-0.39, 0.29) is 44.2 Å². The summed E-state index contributed by atoms with van der Waals surface area (Å²) in [6.07, 6.45) is 12.9. The van der Waals surface area contributed by atoms with E-state index in [0.29, 0.717) is 72.4 Å². The average Bonchev–Trinajstić information content (AvgIpc) is 3.31. The van der Waals surface area contributed by atoms with Gasteiger partial charge in [-0.2, -0.15) is 0 Å². The summed E-state index contributed by atoms with van der Waals surface area (Å²) in [5.41, 5.74) is 5.93. The Hall–Kier alpha value is -5.12. The zero-order valence-corrected chi connectivity index (χ0v) is 39.1. The number of aliphatic hydroxyl groups is 2. The van der Waals surface area contributed by atoms with E-state index in [0.717, 1.165) is 28.2 Å². The molecule has 65 heavy (non-hydrogen) atoms. The molecule has 0 saturated heterocycles. The quantitative estimate of drug-likeness (QED) is 0.0388. The topological polar surface area (TPSA) is 102 Å². The van der Waals surface area contributed by atoms with Crippen molar-refractivity contribution in [3.8, 4) is 39.1 Å². The fourth-order valence-electron chi connectivity index (χ4n) is 8.81. The van der Waals surface area contributed by atoms with Gasteiger partial charge in [0.1, 0.15) is 17.4 Å². The van der Waals surface area contributed by atoms with Gasteiger partial charge in [0, 0.05) is 27.7 Å². The Morgan fingerprint density at radius 1 is 0.662 bits per heavy atom. The van der Waals surface area contributed by atoms with E-state index in [9.17, 15) is 19.8 Å². The van der Waals surface area contributed by atoms with Crippen LogP contribution in [0.2, 0.25) is 0 Å². The molecule has 350 valence electrons. The lowest BCUT2D eigenvalue weighted by atomic mass is 9.77.